The van der Waals surface area contributed by atoms with Crippen molar-refractivity contribution >= 4 is 34.0 Å². The standard InChI is InChI=1S/C24H26N4O2/c1-3-5-8-16-11-13-17(14-12-16)28-22(25)20(24(29)30-15-4-2)21-23(28)27-19-10-7-6-9-18(19)26-21/h6-7,9-14H,3-5,8,15,25H2,1-2H3. The van der Waals surface area contributed by atoms with Crippen LogP contribution in [0.4, 0.5) is 5.82 Å². The van der Waals surface area contributed by atoms with Crippen molar-refractivity contribution in [2.45, 2.75) is 39.5 Å². The van der Waals surface area contributed by atoms with Gasteiger partial charge in [-0.15, -0.1) is 0 Å². The molecule has 4 rings (SSSR count). The molecular formula is C24H26N4O2. The first-order valence-corrected chi connectivity index (χ1v) is 10.5. The van der Waals surface area contributed by atoms with Crippen molar-refractivity contribution in [2.24, 2.45) is 0 Å². The Hall–Kier alpha value is -3.41. The molecule has 0 radical (unpaired) electrons. The number of nitrogens with zero attached hydrogens (tertiary/aromatic N) is 3. The molecule has 0 saturated heterocycles. The monoisotopic (exact) mass is 402 g/mol. The van der Waals surface area contributed by atoms with Crippen LogP contribution in [0.3, 0.4) is 0 Å². The van der Waals surface area contributed by atoms with Crippen LogP contribution in [0.5, 0.6) is 0 Å². The summed E-state index contributed by atoms with van der Waals surface area (Å²) in [5, 5.41) is 0. The highest BCUT2D eigenvalue weighted by atomic mass is 16.5. The van der Waals surface area contributed by atoms with Crippen molar-refractivity contribution in [1.29, 1.82) is 0 Å². The summed E-state index contributed by atoms with van der Waals surface area (Å²) in [6.45, 7) is 4.47. The molecule has 2 aromatic carbocycles. The maximum Gasteiger partial charge on any atom is 0.344 e. The van der Waals surface area contributed by atoms with Gasteiger partial charge in [-0.2, -0.15) is 0 Å². The molecule has 6 nitrogen and oxygen atoms in total. The molecule has 4 aromatic rings. The first-order valence-electron chi connectivity index (χ1n) is 10.5. The Morgan fingerprint density at radius 2 is 1.70 bits per heavy atom. The van der Waals surface area contributed by atoms with Crippen LogP contribution in [0.15, 0.2) is 48.5 Å². The molecule has 30 heavy (non-hydrogen) atoms. The lowest BCUT2D eigenvalue weighted by Gasteiger charge is -2.09. The quantitative estimate of drug-likeness (QED) is 0.437. The maximum absolute atomic E-state index is 12.8. The fourth-order valence-electron chi connectivity index (χ4n) is 3.58. The first-order chi connectivity index (χ1) is 14.6. The van der Waals surface area contributed by atoms with E-state index in [-0.39, 0.29) is 5.56 Å². The molecule has 6 heteroatoms. The van der Waals surface area contributed by atoms with Crippen LogP contribution in [0, 0.1) is 0 Å². The number of carbonyl (C=O) groups excluding carboxylic acids is 1. The molecule has 0 fully saturated rings. The number of anilines is 1. The summed E-state index contributed by atoms with van der Waals surface area (Å²) in [7, 11) is 0. The van der Waals surface area contributed by atoms with Crippen molar-refractivity contribution in [2.75, 3.05) is 12.3 Å². The highest BCUT2D eigenvalue weighted by molar-refractivity contribution is 6.09. The Balaban J connectivity index is 1.90. The van der Waals surface area contributed by atoms with Gasteiger partial charge >= 0.3 is 5.97 Å². The van der Waals surface area contributed by atoms with E-state index in [1.165, 1.54) is 5.56 Å². The van der Waals surface area contributed by atoms with E-state index in [4.69, 9.17) is 20.4 Å². The molecule has 0 saturated carbocycles. The fraction of sp³-hybridized carbons (Fsp3) is 0.292. The molecular weight excluding hydrogens is 376 g/mol. The number of benzene rings is 2. The highest BCUT2D eigenvalue weighted by Crippen LogP contribution is 2.31. The third kappa shape index (κ3) is 3.61. The normalized spacial score (nSPS) is 11.3. The van der Waals surface area contributed by atoms with E-state index in [1.807, 2.05) is 43.3 Å². The molecule has 2 aromatic heterocycles. The second-order valence-electron chi connectivity index (χ2n) is 7.39. The summed E-state index contributed by atoms with van der Waals surface area (Å²) in [6.07, 6.45) is 4.08. The van der Waals surface area contributed by atoms with Crippen LogP contribution in [0.25, 0.3) is 27.9 Å². The highest BCUT2D eigenvalue weighted by Gasteiger charge is 2.25. The van der Waals surface area contributed by atoms with Gasteiger partial charge in [0.05, 0.1) is 17.6 Å². The number of hydrogen-bond donors (Lipinski definition) is 1. The molecule has 2 N–H and O–H groups in total. The van der Waals surface area contributed by atoms with Gasteiger partial charge in [0.25, 0.3) is 0 Å². The average Bonchev–Trinajstić information content (AvgIpc) is 3.05. The number of nitrogen functional groups attached to an aromatic ring is 1. The molecule has 0 spiro atoms. The number of carbonyl (C=O) groups is 1. The zero-order valence-corrected chi connectivity index (χ0v) is 17.4. The number of para-hydroxylation sites is 2. The molecule has 0 aliphatic rings. The predicted octanol–water partition coefficient (Wildman–Crippen LogP) is 5.07. The third-order valence-corrected chi connectivity index (χ3v) is 5.15. The van der Waals surface area contributed by atoms with Gasteiger partial charge in [-0.1, -0.05) is 44.5 Å². The summed E-state index contributed by atoms with van der Waals surface area (Å²) < 4.78 is 7.18. The number of unbranched alkanes of at least 4 members (excludes halogenated alkanes) is 1. The lowest BCUT2D eigenvalue weighted by atomic mass is 10.1. The molecule has 0 bridgehead atoms. The van der Waals surface area contributed by atoms with Gasteiger partial charge in [0.15, 0.2) is 5.65 Å². The Kier molecular flexibility index (Phi) is 5.65. The molecule has 2 heterocycles. The van der Waals surface area contributed by atoms with Gasteiger partial charge < -0.3 is 10.5 Å². The van der Waals surface area contributed by atoms with Crippen molar-refractivity contribution in [3.05, 3.63) is 59.7 Å². The maximum atomic E-state index is 12.8. The lowest BCUT2D eigenvalue weighted by molar-refractivity contribution is 0.0508. The van der Waals surface area contributed by atoms with Crippen molar-refractivity contribution < 1.29 is 9.53 Å². The summed E-state index contributed by atoms with van der Waals surface area (Å²) in [5.41, 5.74) is 11.3. The van der Waals surface area contributed by atoms with E-state index in [9.17, 15) is 4.79 Å². The predicted molar refractivity (Wildman–Crippen MR) is 120 cm³/mol. The molecule has 154 valence electrons. The van der Waals surface area contributed by atoms with Gasteiger partial charge in [0, 0.05) is 5.69 Å². The van der Waals surface area contributed by atoms with Crippen LogP contribution < -0.4 is 5.73 Å². The number of rotatable bonds is 7. The number of ether oxygens (including phenoxy) is 1. The Morgan fingerprint density at radius 3 is 2.37 bits per heavy atom. The van der Waals surface area contributed by atoms with Crippen LogP contribution in [-0.4, -0.2) is 27.1 Å². The molecule has 0 atom stereocenters. The van der Waals surface area contributed by atoms with Crippen LogP contribution in [0.2, 0.25) is 0 Å². The lowest BCUT2D eigenvalue weighted by Crippen LogP contribution is -2.10. The van der Waals surface area contributed by atoms with Gasteiger partial charge in [0.1, 0.15) is 16.9 Å². The SMILES string of the molecule is CCCCc1ccc(-n2c(N)c(C(=O)OCCC)c3nc4ccccc4nc32)cc1. The molecule has 0 unspecified atom stereocenters. The fourth-order valence-corrected chi connectivity index (χ4v) is 3.58. The van der Waals surface area contributed by atoms with E-state index in [2.05, 4.69) is 19.1 Å². The van der Waals surface area contributed by atoms with E-state index in [0.717, 1.165) is 36.9 Å². The Bertz CT molecular complexity index is 1200. The minimum atomic E-state index is -0.470. The number of nitrogens with two attached hydrogens (primary N) is 1. The molecule has 0 aliphatic carbocycles. The van der Waals surface area contributed by atoms with Gasteiger partial charge in [0.2, 0.25) is 0 Å². The van der Waals surface area contributed by atoms with Crippen LogP contribution in [-0.2, 0) is 11.2 Å². The first kappa shape index (κ1) is 19.9. The summed E-state index contributed by atoms with van der Waals surface area (Å²) in [5.74, 6) is -0.176. The summed E-state index contributed by atoms with van der Waals surface area (Å²) in [6, 6.07) is 15.8. The van der Waals surface area contributed by atoms with E-state index in [1.54, 1.807) is 4.57 Å². The topological polar surface area (TPSA) is 83.0 Å². The van der Waals surface area contributed by atoms with E-state index < -0.39 is 5.97 Å². The smallest absolute Gasteiger partial charge is 0.344 e. The zero-order chi connectivity index (χ0) is 21.1. The summed E-state index contributed by atoms with van der Waals surface area (Å²) in [4.78, 5) is 22.3. The average molecular weight is 402 g/mol. The number of aryl methyl sites for hydroxylation is 1. The third-order valence-electron chi connectivity index (χ3n) is 5.15. The largest absolute Gasteiger partial charge is 0.462 e. The van der Waals surface area contributed by atoms with Gasteiger partial charge in [-0.3, -0.25) is 4.57 Å². The summed E-state index contributed by atoms with van der Waals surface area (Å²) >= 11 is 0. The second-order valence-corrected chi connectivity index (χ2v) is 7.39. The number of aromatic nitrogens is 3. The van der Waals surface area contributed by atoms with Crippen LogP contribution in [0.1, 0.15) is 49.0 Å². The number of hydrogen-bond acceptors (Lipinski definition) is 5. The minimum absolute atomic E-state index is 0.270. The van der Waals surface area contributed by atoms with E-state index >= 15 is 0 Å². The van der Waals surface area contributed by atoms with Crippen LogP contribution >= 0.6 is 0 Å². The van der Waals surface area contributed by atoms with Gasteiger partial charge in [-0.25, -0.2) is 14.8 Å². The number of esters is 1. The van der Waals surface area contributed by atoms with Crippen molar-refractivity contribution in [3.8, 4) is 5.69 Å². The van der Waals surface area contributed by atoms with Gasteiger partial charge in [-0.05, 0) is 49.1 Å². The molecule has 0 amide bonds. The zero-order valence-electron chi connectivity index (χ0n) is 17.4. The second kappa shape index (κ2) is 8.53. The van der Waals surface area contributed by atoms with Crippen molar-refractivity contribution in [3.63, 3.8) is 0 Å². The minimum Gasteiger partial charge on any atom is -0.462 e. The molecule has 0 aliphatic heterocycles. The van der Waals surface area contributed by atoms with Crippen molar-refractivity contribution in [1.82, 2.24) is 14.5 Å². The Morgan fingerprint density at radius 1 is 1.00 bits per heavy atom. The number of fused-ring (bicyclic) bond motifs is 2. The Labute approximate surface area is 175 Å². The van der Waals surface area contributed by atoms with E-state index in [0.29, 0.717) is 29.1 Å².